The molecule has 0 radical (unpaired) electrons. The standard InChI is InChI=1S/C10H13N3O3.ClH/c1-7-8(12-10(14)6-11-2)4-3-5-9(7)13(15)16;/h3-5,11H,6H2,1-2H3,(H,12,14);1H. The summed E-state index contributed by atoms with van der Waals surface area (Å²) in [7, 11) is 1.65. The molecule has 0 saturated heterocycles. The number of hydrogen-bond donors (Lipinski definition) is 2. The third kappa shape index (κ3) is 4.01. The van der Waals surface area contributed by atoms with Crippen LogP contribution in [0.15, 0.2) is 18.2 Å². The highest BCUT2D eigenvalue weighted by molar-refractivity contribution is 5.93. The van der Waals surface area contributed by atoms with Gasteiger partial charge in [-0.3, -0.25) is 14.9 Å². The molecule has 1 amide bonds. The highest BCUT2D eigenvalue weighted by Gasteiger charge is 2.14. The topological polar surface area (TPSA) is 84.3 Å². The molecule has 1 rings (SSSR count). The van der Waals surface area contributed by atoms with Crippen molar-refractivity contribution >= 4 is 29.7 Å². The maximum absolute atomic E-state index is 11.3. The largest absolute Gasteiger partial charge is 0.324 e. The maximum Gasteiger partial charge on any atom is 0.274 e. The van der Waals surface area contributed by atoms with E-state index < -0.39 is 4.92 Å². The first-order valence-corrected chi connectivity index (χ1v) is 4.74. The van der Waals surface area contributed by atoms with Crippen LogP contribution in [0.4, 0.5) is 11.4 Å². The maximum atomic E-state index is 11.3. The Bertz CT molecular complexity index is 423. The minimum absolute atomic E-state index is 0. The van der Waals surface area contributed by atoms with Crippen molar-refractivity contribution < 1.29 is 9.72 Å². The summed E-state index contributed by atoms with van der Waals surface area (Å²) in [5.41, 5.74) is 0.925. The van der Waals surface area contributed by atoms with E-state index in [1.807, 2.05) is 0 Å². The van der Waals surface area contributed by atoms with Gasteiger partial charge in [0.2, 0.25) is 5.91 Å². The minimum atomic E-state index is -0.469. The quantitative estimate of drug-likeness (QED) is 0.634. The first-order valence-electron chi connectivity index (χ1n) is 4.74. The summed E-state index contributed by atoms with van der Waals surface area (Å²) in [5, 5.41) is 16.0. The van der Waals surface area contributed by atoms with E-state index in [1.54, 1.807) is 26.1 Å². The summed E-state index contributed by atoms with van der Waals surface area (Å²) in [6.07, 6.45) is 0. The van der Waals surface area contributed by atoms with Crippen LogP contribution in [0.1, 0.15) is 5.56 Å². The van der Waals surface area contributed by atoms with Crippen LogP contribution < -0.4 is 10.6 Å². The minimum Gasteiger partial charge on any atom is -0.324 e. The molecule has 0 aromatic heterocycles. The van der Waals surface area contributed by atoms with Gasteiger partial charge in [0, 0.05) is 6.07 Å². The summed E-state index contributed by atoms with van der Waals surface area (Å²) in [5.74, 6) is -0.230. The van der Waals surface area contributed by atoms with Crippen molar-refractivity contribution in [2.75, 3.05) is 18.9 Å². The molecule has 6 nitrogen and oxygen atoms in total. The molecule has 1 aromatic carbocycles. The molecule has 17 heavy (non-hydrogen) atoms. The smallest absolute Gasteiger partial charge is 0.274 e. The zero-order valence-corrected chi connectivity index (χ0v) is 10.3. The van der Waals surface area contributed by atoms with Crippen LogP contribution in [0.3, 0.4) is 0 Å². The van der Waals surface area contributed by atoms with Gasteiger partial charge in [0.1, 0.15) is 0 Å². The Labute approximate surface area is 105 Å². The van der Waals surface area contributed by atoms with Gasteiger partial charge in [-0.25, -0.2) is 0 Å². The third-order valence-electron chi connectivity index (χ3n) is 2.11. The molecule has 0 spiro atoms. The third-order valence-corrected chi connectivity index (χ3v) is 2.11. The van der Waals surface area contributed by atoms with Crippen LogP contribution in [0.2, 0.25) is 0 Å². The van der Waals surface area contributed by atoms with E-state index in [4.69, 9.17) is 0 Å². The van der Waals surface area contributed by atoms with Crippen molar-refractivity contribution in [2.45, 2.75) is 6.92 Å². The predicted molar refractivity (Wildman–Crippen MR) is 67.6 cm³/mol. The van der Waals surface area contributed by atoms with Crippen molar-refractivity contribution in [1.82, 2.24) is 5.32 Å². The number of hydrogen-bond acceptors (Lipinski definition) is 4. The summed E-state index contributed by atoms with van der Waals surface area (Å²) >= 11 is 0. The normalized spacial score (nSPS) is 9.29. The lowest BCUT2D eigenvalue weighted by molar-refractivity contribution is -0.385. The van der Waals surface area contributed by atoms with E-state index >= 15 is 0 Å². The molecule has 0 saturated carbocycles. The highest BCUT2D eigenvalue weighted by atomic mass is 35.5. The fraction of sp³-hybridized carbons (Fsp3) is 0.300. The lowest BCUT2D eigenvalue weighted by Crippen LogP contribution is -2.25. The number of anilines is 1. The Balaban J connectivity index is 0.00000256. The average Bonchev–Trinajstić information content (AvgIpc) is 2.21. The number of nitrogens with zero attached hydrogens (tertiary/aromatic N) is 1. The summed E-state index contributed by atoms with van der Waals surface area (Å²) < 4.78 is 0. The number of benzene rings is 1. The van der Waals surface area contributed by atoms with Gasteiger partial charge < -0.3 is 10.6 Å². The van der Waals surface area contributed by atoms with Crippen LogP contribution in [-0.2, 0) is 4.79 Å². The van der Waals surface area contributed by atoms with Crippen LogP contribution >= 0.6 is 12.4 Å². The average molecular weight is 260 g/mol. The zero-order valence-electron chi connectivity index (χ0n) is 9.52. The molecule has 0 aliphatic carbocycles. The number of nitro groups is 1. The zero-order chi connectivity index (χ0) is 12.1. The molecular weight excluding hydrogens is 246 g/mol. The fourth-order valence-corrected chi connectivity index (χ4v) is 1.31. The van der Waals surface area contributed by atoms with Crippen LogP contribution in [0, 0.1) is 17.0 Å². The van der Waals surface area contributed by atoms with Crippen LogP contribution in [0.25, 0.3) is 0 Å². The van der Waals surface area contributed by atoms with Crippen molar-refractivity contribution in [3.8, 4) is 0 Å². The van der Waals surface area contributed by atoms with Gasteiger partial charge in [-0.2, -0.15) is 0 Å². The lowest BCUT2D eigenvalue weighted by Gasteiger charge is -2.07. The van der Waals surface area contributed by atoms with Gasteiger partial charge in [0.25, 0.3) is 5.69 Å². The fourth-order valence-electron chi connectivity index (χ4n) is 1.31. The molecule has 0 fully saturated rings. The van der Waals surface area contributed by atoms with Crippen molar-refractivity contribution in [2.24, 2.45) is 0 Å². The van der Waals surface area contributed by atoms with E-state index in [1.165, 1.54) is 6.07 Å². The predicted octanol–water partition coefficient (Wildman–Crippen LogP) is 1.48. The van der Waals surface area contributed by atoms with Gasteiger partial charge >= 0.3 is 0 Å². The van der Waals surface area contributed by atoms with Crippen molar-refractivity contribution in [3.05, 3.63) is 33.9 Å². The van der Waals surface area contributed by atoms with Gasteiger partial charge in [-0.15, -0.1) is 12.4 Å². The Kier molecular flexibility index (Phi) is 6.16. The second-order valence-corrected chi connectivity index (χ2v) is 3.29. The molecule has 0 heterocycles. The first kappa shape index (κ1) is 15.3. The van der Waals surface area contributed by atoms with Crippen molar-refractivity contribution in [1.29, 1.82) is 0 Å². The Morgan fingerprint density at radius 2 is 2.12 bits per heavy atom. The van der Waals surface area contributed by atoms with Gasteiger partial charge in [-0.1, -0.05) is 6.07 Å². The second-order valence-electron chi connectivity index (χ2n) is 3.29. The SMILES string of the molecule is CNCC(=O)Nc1cccc([N+](=O)[O-])c1C.Cl. The number of likely N-dealkylation sites (N-methyl/N-ethyl adjacent to an activating group) is 1. The van der Waals surface area contributed by atoms with E-state index in [9.17, 15) is 14.9 Å². The van der Waals surface area contributed by atoms with E-state index in [0.717, 1.165) is 0 Å². The Hall–Kier alpha value is -1.66. The van der Waals surface area contributed by atoms with Gasteiger partial charge in [-0.05, 0) is 20.0 Å². The number of carbonyl (C=O) groups is 1. The molecule has 0 aliphatic heterocycles. The molecular formula is C10H14ClN3O3. The van der Waals surface area contributed by atoms with E-state index in [-0.39, 0.29) is 30.5 Å². The van der Waals surface area contributed by atoms with Crippen LogP contribution in [-0.4, -0.2) is 24.4 Å². The number of nitro benzene ring substituents is 1. The Morgan fingerprint density at radius 1 is 1.47 bits per heavy atom. The second kappa shape index (κ2) is 6.82. The number of carbonyl (C=O) groups excluding carboxylic acids is 1. The molecule has 1 aromatic rings. The van der Waals surface area contributed by atoms with Gasteiger partial charge in [0.15, 0.2) is 0 Å². The molecule has 0 atom stereocenters. The molecule has 94 valence electrons. The Morgan fingerprint density at radius 3 is 2.65 bits per heavy atom. The molecule has 0 unspecified atom stereocenters. The molecule has 2 N–H and O–H groups in total. The van der Waals surface area contributed by atoms with Crippen LogP contribution in [0.5, 0.6) is 0 Å². The summed E-state index contributed by atoms with van der Waals surface area (Å²) in [4.78, 5) is 21.5. The number of amides is 1. The molecule has 0 aliphatic rings. The van der Waals surface area contributed by atoms with Gasteiger partial charge in [0.05, 0.1) is 22.7 Å². The molecule has 0 bridgehead atoms. The first-order chi connectivity index (χ1) is 7.56. The van der Waals surface area contributed by atoms with E-state index in [2.05, 4.69) is 10.6 Å². The number of halogens is 1. The molecule has 7 heteroatoms. The number of rotatable bonds is 4. The van der Waals surface area contributed by atoms with E-state index in [0.29, 0.717) is 11.3 Å². The summed E-state index contributed by atoms with van der Waals surface area (Å²) in [6, 6.07) is 4.58. The van der Waals surface area contributed by atoms with Crippen molar-refractivity contribution in [3.63, 3.8) is 0 Å². The lowest BCUT2D eigenvalue weighted by atomic mass is 10.1. The monoisotopic (exact) mass is 259 g/mol. The number of nitrogens with one attached hydrogen (secondary N) is 2. The highest BCUT2D eigenvalue weighted by Crippen LogP contribution is 2.24. The summed E-state index contributed by atoms with van der Waals surface area (Å²) in [6.45, 7) is 1.77.